The molecule has 0 saturated carbocycles. The fourth-order valence-electron chi connectivity index (χ4n) is 3.05. The number of likely N-dealkylation sites (N-methyl/N-ethyl adjacent to an activating group) is 1. The summed E-state index contributed by atoms with van der Waals surface area (Å²) in [4.78, 5) is 41.1. The number of rotatable bonds is 6. The van der Waals surface area contributed by atoms with Crippen LogP contribution in [-0.2, 0) is 21.4 Å². The van der Waals surface area contributed by atoms with E-state index in [1.807, 2.05) is 13.8 Å². The van der Waals surface area contributed by atoms with Crippen LogP contribution in [0, 0.1) is 5.82 Å². The van der Waals surface area contributed by atoms with Gasteiger partial charge in [0.2, 0.25) is 5.76 Å². The molecule has 1 aliphatic rings. The zero-order chi connectivity index (χ0) is 20.4. The van der Waals surface area contributed by atoms with Crippen molar-refractivity contribution >= 4 is 23.5 Å². The molecule has 3 rings (SSSR count). The number of aryl methyl sites for hydroxylation is 1. The molecule has 2 amide bonds. The van der Waals surface area contributed by atoms with Gasteiger partial charge in [0.15, 0.2) is 5.70 Å². The fourth-order valence-corrected chi connectivity index (χ4v) is 3.05. The largest absolute Gasteiger partial charge is 0.413 e. The van der Waals surface area contributed by atoms with Gasteiger partial charge < -0.3 is 14.2 Å². The SMILES string of the molecule is CCN(CC)C1=C(OC(=O)c2cccn2C)C(=O)N(c2ccc(F)cc2)C1=O. The zero-order valence-electron chi connectivity index (χ0n) is 15.8. The van der Waals surface area contributed by atoms with Crippen molar-refractivity contribution in [1.82, 2.24) is 9.47 Å². The number of imide groups is 1. The molecule has 0 saturated heterocycles. The average molecular weight is 385 g/mol. The third-order valence-electron chi connectivity index (χ3n) is 4.53. The van der Waals surface area contributed by atoms with Crippen LogP contribution in [0.4, 0.5) is 10.1 Å². The molecule has 2 aromatic rings. The van der Waals surface area contributed by atoms with Gasteiger partial charge in [-0.2, -0.15) is 0 Å². The third kappa shape index (κ3) is 3.28. The molecule has 2 heterocycles. The number of carbonyl (C=O) groups is 3. The number of ether oxygens (including phenoxy) is 1. The number of anilines is 1. The van der Waals surface area contributed by atoms with Crippen molar-refractivity contribution in [3.63, 3.8) is 0 Å². The van der Waals surface area contributed by atoms with E-state index >= 15 is 0 Å². The molecule has 0 N–H and O–H groups in total. The summed E-state index contributed by atoms with van der Waals surface area (Å²) in [5, 5.41) is 0. The Bertz CT molecular complexity index is 958. The highest BCUT2D eigenvalue weighted by molar-refractivity contribution is 6.32. The molecule has 0 bridgehead atoms. The Morgan fingerprint density at radius 3 is 2.25 bits per heavy atom. The van der Waals surface area contributed by atoms with Crippen molar-refractivity contribution in [2.75, 3.05) is 18.0 Å². The van der Waals surface area contributed by atoms with Crippen LogP contribution in [0.1, 0.15) is 24.3 Å². The number of amides is 2. The van der Waals surface area contributed by atoms with Crippen molar-refractivity contribution < 1.29 is 23.5 Å². The number of halogens is 1. The normalized spacial score (nSPS) is 14.1. The van der Waals surface area contributed by atoms with E-state index in [-0.39, 0.29) is 22.8 Å². The maximum absolute atomic E-state index is 13.2. The first-order valence-corrected chi connectivity index (χ1v) is 8.86. The first-order valence-electron chi connectivity index (χ1n) is 8.86. The van der Waals surface area contributed by atoms with Crippen LogP contribution in [0.5, 0.6) is 0 Å². The highest BCUT2D eigenvalue weighted by Gasteiger charge is 2.44. The van der Waals surface area contributed by atoms with Crippen LogP contribution in [0.3, 0.4) is 0 Å². The summed E-state index contributed by atoms with van der Waals surface area (Å²) in [5.74, 6) is -2.94. The topological polar surface area (TPSA) is 71.8 Å². The Hall–Kier alpha value is -3.42. The van der Waals surface area contributed by atoms with E-state index in [2.05, 4.69) is 0 Å². The molecule has 1 aromatic carbocycles. The second-order valence-electron chi connectivity index (χ2n) is 6.17. The lowest BCUT2D eigenvalue weighted by molar-refractivity contribution is -0.122. The molecular formula is C20H20FN3O4. The number of carbonyl (C=O) groups excluding carboxylic acids is 3. The minimum atomic E-state index is -0.763. The van der Waals surface area contributed by atoms with Crippen molar-refractivity contribution in [3.05, 3.63) is 65.6 Å². The quantitative estimate of drug-likeness (QED) is 0.564. The minimum absolute atomic E-state index is 0.0156. The molecule has 0 fully saturated rings. The summed E-state index contributed by atoms with van der Waals surface area (Å²) < 4.78 is 20.2. The Balaban J connectivity index is 2.02. The Morgan fingerprint density at radius 2 is 1.71 bits per heavy atom. The monoisotopic (exact) mass is 385 g/mol. The second-order valence-corrected chi connectivity index (χ2v) is 6.17. The summed E-state index contributed by atoms with van der Waals surface area (Å²) in [6.45, 7) is 4.53. The highest BCUT2D eigenvalue weighted by Crippen LogP contribution is 2.30. The van der Waals surface area contributed by atoms with E-state index in [0.717, 1.165) is 17.0 Å². The smallest absolute Gasteiger partial charge is 0.360 e. The number of aromatic nitrogens is 1. The van der Waals surface area contributed by atoms with Gasteiger partial charge in [-0.05, 0) is 50.2 Å². The zero-order valence-corrected chi connectivity index (χ0v) is 15.8. The lowest BCUT2D eigenvalue weighted by Crippen LogP contribution is -2.35. The molecule has 0 radical (unpaired) electrons. The van der Waals surface area contributed by atoms with Gasteiger partial charge in [-0.3, -0.25) is 9.59 Å². The number of hydrogen-bond acceptors (Lipinski definition) is 5. The predicted molar refractivity (Wildman–Crippen MR) is 99.7 cm³/mol. The van der Waals surface area contributed by atoms with Crippen LogP contribution >= 0.6 is 0 Å². The van der Waals surface area contributed by atoms with E-state index in [1.54, 1.807) is 34.8 Å². The summed E-state index contributed by atoms with van der Waals surface area (Å²) in [5.41, 5.74) is 0.458. The number of nitrogens with zero attached hydrogens (tertiary/aromatic N) is 3. The van der Waals surface area contributed by atoms with Gasteiger partial charge in [0.05, 0.1) is 5.69 Å². The molecule has 1 aliphatic heterocycles. The molecular weight excluding hydrogens is 365 g/mol. The van der Waals surface area contributed by atoms with E-state index in [9.17, 15) is 18.8 Å². The molecule has 146 valence electrons. The van der Waals surface area contributed by atoms with E-state index < -0.39 is 23.6 Å². The predicted octanol–water partition coefficient (Wildman–Crippen LogP) is 2.45. The van der Waals surface area contributed by atoms with Crippen LogP contribution in [0.15, 0.2) is 54.1 Å². The standard InChI is InChI=1S/C20H20FN3O4/c1-4-23(5-2)16-17(28-20(27)15-7-6-12-22(15)3)19(26)24(18(16)25)14-10-8-13(21)9-11-14/h6-12H,4-5H2,1-3H3. The Kier molecular flexibility index (Phi) is 5.30. The number of esters is 1. The molecule has 0 atom stereocenters. The first kappa shape index (κ1) is 19.3. The van der Waals surface area contributed by atoms with Crippen LogP contribution < -0.4 is 4.90 Å². The van der Waals surface area contributed by atoms with Gasteiger partial charge in [0.25, 0.3) is 5.91 Å². The highest BCUT2D eigenvalue weighted by atomic mass is 19.1. The van der Waals surface area contributed by atoms with Crippen LogP contribution in [-0.4, -0.2) is 40.3 Å². The summed E-state index contributed by atoms with van der Waals surface area (Å²) in [6, 6.07) is 8.18. The van der Waals surface area contributed by atoms with E-state index in [0.29, 0.717) is 13.1 Å². The van der Waals surface area contributed by atoms with Gasteiger partial charge in [0.1, 0.15) is 11.5 Å². The van der Waals surface area contributed by atoms with Gasteiger partial charge in [-0.25, -0.2) is 14.1 Å². The first-order chi connectivity index (χ1) is 13.4. The van der Waals surface area contributed by atoms with Gasteiger partial charge >= 0.3 is 11.9 Å². The van der Waals surface area contributed by atoms with E-state index in [1.165, 1.54) is 12.1 Å². The third-order valence-corrected chi connectivity index (χ3v) is 4.53. The van der Waals surface area contributed by atoms with Gasteiger partial charge in [-0.1, -0.05) is 0 Å². The molecule has 0 aliphatic carbocycles. The molecule has 0 unspecified atom stereocenters. The van der Waals surface area contributed by atoms with Crippen LogP contribution in [0.2, 0.25) is 0 Å². The van der Waals surface area contributed by atoms with Crippen molar-refractivity contribution in [1.29, 1.82) is 0 Å². The van der Waals surface area contributed by atoms with Crippen LogP contribution in [0.25, 0.3) is 0 Å². The lowest BCUT2D eigenvalue weighted by Gasteiger charge is -2.22. The maximum Gasteiger partial charge on any atom is 0.360 e. The minimum Gasteiger partial charge on any atom is -0.413 e. The number of benzene rings is 1. The number of hydrogen-bond donors (Lipinski definition) is 0. The molecule has 7 nitrogen and oxygen atoms in total. The molecule has 1 aromatic heterocycles. The summed E-state index contributed by atoms with van der Waals surface area (Å²) >= 11 is 0. The lowest BCUT2D eigenvalue weighted by atomic mass is 10.3. The fraction of sp³-hybridized carbons (Fsp3) is 0.250. The van der Waals surface area contributed by atoms with Gasteiger partial charge in [0, 0.05) is 26.3 Å². The maximum atomic E-state index is 13.2. The van der Waals surface area contributed by atoms with Crippen molar-refractivity contribution in [2.45, 2.75) is 13.8 Å². The average Bonchev–Trinajstić information content (AvgIpc) is 3.20. The molecule has 0 spiro atoms. The van der Waals surface area contributed by atoms with Crippen molar-refractivity contribution in [2.24, 2.45) is 7.05 Å². The summed E-state index contributed by atoms with van der Waals surface area (Å²) in [7, 11) is 1.67. The van der Waals surface area contributed by atoms with E-state index in [4.69, 9.17) is 4.74 Å². The Morgan fingerprint density at radius 1 is 1.07 bits per heavy atom. The second kappa shape index (κ2) is 7.67. The molecule has 8 heteroatoms. The summed E-state index contributed by atoms with van der Waals surface area (Å²) in [6.07, 6.45) is 1.67. The Labute approximate surface area is 161 Å². The van der Waals surface area contributed by atoms with Gasteiger partial charge in [-0.15, -0.1) is 0 Å². The molecule has 28 heavy (non-hydrogen) atoms. The van der Waals surface area contributed by atoms with Crippen molar-refractivity contribution in [3.8, 4) is 0 Å².